The Balaban J connectivity index is 0.00000384. The number of aryl methyl sites for hydroxylation is 2. The molecule has 2 aliphatic carbocycles. The van der Waals surface area contributed by atoms with Gasteiger partial charge in [0, 0.05) is 47.6 Å². The zero-order valence-corrected chi connectivity index (χ0v) is 30.7. The molecule has 0 heterocycles. The monoisotopic (exact) mass is 669 g/mol. The van der Waals surface area contributed by atoms with Crippen LogP contribution >= 0.6 is 0 Å². The summed E-state index contributed by atoms with van der Waals surface area (Å²) in [6.07, 6.45) is 12.1. The smallest absolute Gasteiger partial charge is 0.0299 e. The predicted molar refractivity (Wildman–Crippen MR) is 191 cm³/mol. The van der Waals surface area contributed by atoms with Crippen LogP contribution in [-0.2, 0) is 39.0 Å². The first-order valence-corrected chi connectivity index (χ1v) is 18.4. The van der Waals surface area contributed by atoms with Crippen molar-refractivity contribution in [2.45, 2.75) is 90.1 Å². The van der Waals surface area contributed by atoms with Gasteiger partial charge in [-0.25, -0.2) is 0 Å². The number of allylic oxidation sites excluding steroid dienone is 2. The summed E-state index contributed by atoms with van der Waals surface area (Å²) in [5, 5.41) is 0. The summed E-state index contributed by atoms with van der Waals surface area (Å²) in [4.78, 5) is 0. The van der Waals surface area contributed by atoms with E-state index in [1.54, 1.807) is 22.3 Å². The molecule has 44 heavy (non-hydrogen) atoms. The molecular weight excluding hydrogens is 624 g/mol. The van der Waals surface area contributed by atoms with Crippen LogP contribution in [0.1, 0.15) is 98.6 Å². The number of fused-ring (bicyclic) bond motifs is 2. The average molecular weight is 671 g/mol. The van der Waals surface area contributed by atoms with E-state index >= 15 is 0 Å². The second-order valence-corrected chi connectivity index (χ2v) is 14.0. The summed E-state index contributed by atoms with van der Waals surface area (Å²) in [5.74, 6) is 1.16. The van der Waals surface area contributed by atoms with Crippen LogP contribution in [0.25, 0.3) is 34.4 Å². The zero-order valence-electron chi connectivity index (χ0n) is 27.1. The molecule has 0 amide bonds. The van der Waals surface area contributed by atoms with Crippen LogP contribution in [-0.4, -0.2) is 9.52 Å². The van der Waals surface area contributed by atoms with Crippen molar-refractivity contribution in [2.24, 2.45) is 0 Å². The Morgan fingerprint density at radius 1 is 0.523 bits per heavy atom. The van der Waals surface area contributed by atoms with E-state index in [9.17, 15) is 0 Å². The summed E-state index contributed by atoms with van der Waals surface area (Å²) in [6, 6.07) is 35.3. The summed E-state index contributed by atoms with van der Waals surface area (Å²) in [5.41, 5.74) is 17.7. The molecule has 0 spiro atoms. The third-order valence-corrected chi connectivity index (χ3v) is 11.4. The molecule has 0 nitrogen and oxygen atoms in total. The Hall–Kier alpha value is -2.54. The molecule has 2 unspecified atom stereocenters. The maximum Gasteiger partial charge on any atom is 0.0299 e. The Labute approximate surface area is 288 Å². The molecule has 0 saturated heterocycles. The summed E-state index contributed by atoms with van der Waals surface area (Å²) in [6.45, 7) is 9.21. The van der Waals surface area contributed by atoms with Crippen LogP contribution < -0.4 is 0 Å². The minimum absolute atomic E-state index is 0. The molecule has 4 aromatic rings. The van der Waals surface area contributed by atoms with Gasteiger partial charge >= 0.3 is 0 Å². The Morgan fingerprint density at radius 3 is 1.30 bits per heavy atom. The van der Waals surface area contributed by atoms with E-state index in [4.69, 9.17) is 0 Å². The topological polar surface area (TPSA) is 0 Å². The molecule has 0 saturated carbocycles. The largest absolute Gasteiger partial charge is 0.0651 e. The van der Waals surface area contributed by atoms with Gasteiger partial charge in [-0.2, -0.15) is 0 Å². The van der Waals surface area contributed by atoms with Crippen molar-refractivity contribution in [3.8, 4) is 22.3 Å². The molecule has 1 radical (unpaired) electrons. The van der Waals surface area contributed by atoms with Crippen molar-refractivity contribution < 1.29 is 26.2 Å². The van der Waals surface area contributed by atoms with Crippen molar-refractivity contribution in [3.63, 3.8) is 0 Å². The second-order valence-electron chi connectivity index (χ2n) is 12.5. The van der Waals surface area contributed by atoms with E-state index in [0.29, 0.717) is 21.4 Å². The number of hydrogen-bond donors (Lipinski definition) is 0. The van der Waals surface area contributed by atoms with Gasteiger partial charge in [0.15, 0.2) is 0 Å². The fourth-order valence-corrected chi connectivity index (χ4v) is 9.51. The summed E-state index contributed by atoms with van der Waals surface area (Å²) >= 11 is 0. The fourth-order valence-electron chi connectivity index (χ4n) is 7.53. The molecule has 0 aliphatic heterocycles. The number of rotatable bonds is 12. The van der Waals surface area contributed by atoms with Crippen molar-refractivity contribution in [1.82, 2.24) is 0 Å². The molecule has 0 bridgehead atoms. The van der Waals surface area contributed by atoms with Crippen LogP contribution in [0.3, 0.4) is 0 Å². The molecule has 4 aromatic carbocycles. The molecule has 0 fully saturated rings. The average Bonchev–Trinajstić information content (AvgIpc) is 3.60. The zero-order chi connectivity index (χ0) is 29.8. The summed E-state index contributed by atoms with van der Waals surface area (Å²) in [7, 11) is 0.340. The third-order valence-electron chi connectivity index (χ3n) is 9.81. The first kappa shape index (κ1) is 32.8. The van der Waals surface area contributed by atoms with Gasteiger partial charge in [0.05, 0.1) is 0 Å². The standard InChI is InChI=1S/C42H47Si.Zr/c1-5-11-29-17-21-33(22-18-29)35-13-9-15-37-39(35)25-31(7-3)41(37)27-43-28-42-32(8-4)26-40-36(14-10-16-38(40)42)34-23-19-30(12-6-2)20-24-34;/h9-10,13-26,41-43H,5-8,11-12,27-28H2,1-4H3;. The molecule has 2 atom stereocenters. The fraction of sp³-hybridized carbons (Fsp3) is 0.333. The van der Waals surface area contributed by atoms with Gasteiger partial charge in [-0.05, 0) is 81.3 Å². The van der Waals surface area contributed by atoms with Gasteiger partial charge in [-0.3, -0.25) is 0 Å². The van der Waals surface area contributed by atoms with E-state index in [1.807, 2.05) is 0 Å². The minimum Gasteiger partial charge on any atom is -0.0651 e. The first-order valence-electron chi connectivity index (χ1n) is 16.8. The van der Waals surface area contributed by atoms with Crippen LogP contribution in [0.15, 0.2) is 96.1 Å². The SMILES string of the molecule is CCCc1ccc(-c2cccc3c2C=C(CC)C3C[SiH]CC2C(CC)=Cc3c(-c4ccc(CCC)cc4)cccc32)cc1.[Zr]. The van der Waals surface area contributed by atoms with Crippen LogP contribution in [0.4, 0.5) is 0 Å². The van der Waals surface area contributed by atoms with Gasteiger partial charge in [-0.1, -0.05) is 161 Å². The van der Waals surface area contributed by atoms with Crippen LogP contribution in [0, 0.1) is 0 Å². The molecule has 0 N–H and O–H groups in total. The molecule has 0 aromatic heterocycles. The molecule has 2 aliphatic rings. The summed E-state index contributed by atoms with van der Waals surface area (Å²) < 4.78 is 0. The van der Waals surface area contributed by atoms with Crippen LogP contribution in [0.2, 0.25) is 12.1 Å². The Bertz CT molecular complexity index is 1500. The van der Waals surface area contributed by atoms with Gasteiger partial charge in [0.25, 0.3) is 0 Å². The van der Waals surface area contributed by atoms with Crippen molar-refractivity contribution in [1.29, 1.82) is 0 Å². The first-order chi connectivity index (χ1) is 21.1. The molecule has 2 heteroatoms. The second kappa shape index (κ2) is 15.2. The van der Waals surface area contributed by atoms with Crippen molar-refractivity contribution in [2.75, 3.05) is 0 Å². The minimum atomic E-state index is 0. The van der Waals surface area contributed by atoms with Crippen LogP contribution in [0.5, 0.6) is 0 Å². The van der Waals surface area contributed by atoms with Crippen molar-refractivity contribution in [3.05, 3.63) is 129 Å². The molecule has 6 rings (SSSR count). The quantitative estimate of drug-likeness (QED) is 0.132. The van der Waals surface area contributed by atoms with E-state index in [1.165, 1.54) is 69.4 Å². The van der Waals surface area contributed by atoms with E-state index in [2.05, 4.69) is 125 Å². The van der Waals surface area contributed by atoms with Gasteiger partial charge in [0.2, 0.25) is 0 Å². The van der Waals surface area contributed by atoms with Crippen molar-refractivity contribution >= 4 is 21.7 Å². The van der Waals surface area contributed by atoms with Gasteiger partial charge in [0.1, 0.15) is 0 Å². The van der Waals surface area contributed by atoms with Gasteiger partial charge < -0.3 is 0 Å². The van der Waals surface area contributed by atoms with E-state index in [-0.39, 0.29) is 26.2 Å². The van der Waals surface area contributed by atoms with E-state index in [0.717, 1.165) is 25.7 Å². The number of benzene rings is 4. The number of hydrogen-bond acceptors (Lipinski definition) is 0. The Morgan fingerprint density at radius 2 is 0.932 bits per heavy atom. The Kier molecular flexibility index (Phi) is 11.3. The third kappa shape index (κ3) is 6.68. The maximum absolute atomic E-state index is 2.54. The van der Waals surface area contributed by atoms with Gasteiger partial charge in [-0.15, -0.1) is 0 Å². The molecular formula is C42H47SiZr. The van der Waals surface area contributed by atoms with E-state index < -0.39 is 0 Å². The predicted octanol–water partition coefficient (Wildman–Crippen LogP) is 11.7. The molecule has 223 valence electrons. The maximum atomic E-state index is 2.54. The normalized spacial score (nSPS) is 16.6.